The Kier molecular flexibility index (Phi) is 6.71. The summed E-state index contributed by atoms with van der Waals surface area (Å²) >= 11 is 6.73. The van der Waals surface area contributed by atoms with Crippen molar-refractivity contribution in [3.8, 4) is 5.75 Å². The molecule has 0 aromatic heterocycles. The fourth-order valence-electron chi connectivity index (χ4n) is 3.14. The van der Waals surface area contributed by atoms with Crippen LogP contribution in [0, 0.1) is 5.82 Å². The maximum absolute atomic E-state index is 13.0. The quantitative estimate of drug-likeness (QED) is 0.319. The van der Waals surface area contributed by atoms with Crippen molar-refractivity contribution >= 4 is 61.5 Å². The number of imide groups is 2. The summed E-state index contributed by atoms with van der Waals surface area (Å²) in [7, 11) is 0. The Balaban J connectivity index is 1.56. The maximum atomic E-state index is 13.0. The number of rotatable bonds is 5. The first kappa shape index (κ1) is 22.9. The van der Waals surface area contributed by atoms with E-state index in [1.165, 1.54) is 18.2 Å². The van der Waals surface area contributed by atoms with Gasteiger partial charge < -0.3 is 4.74 Å². The lowest BCUT2D eigenvalue weighted by atomic mass is 10.1. The molecule has 0 saturated carbocycles. The predicted octanol–water partition coefficient (Wildman–Crippen LogP) is 5.60. The summed E-state index contributed by atoms with van der Waals surface area (Å²) in [5, 5.41) is 2.20. The highest BCUT2D eigenvalue weighted by molar-refractivity contribution is 9.10. The monoisotopic (exact) mass is 572 g/mol. The van der Waals surface area contributed by atoms with E-state index in [0.717, 1.165) is 10.5 Å². The summed E-state index contributed by atoms with van der Waals surface area (Å²) in [5.74, 6) is -1.29. The van der Waals surface area contributed by atoms with Gasteiger partial charge in [-0.2, -0.15) is 0 Å². The Morgan fingerprint density at radius 1 is 0.970 bits per heavy atom. The summed E-state index contributed by atoms with van der Waals surface area (Å²) in [6.07, 6.45) is 1.41. The fraction of sp³-hybridized carbons (Fsp3) is 0.0417. The number of hydrogen-bond acceptors (Lipinski definition) is 4. The van der Waals surface area contributed by atoms with E-state index in [2.05, 4.69) is 37.2 Å². The van der Waals surface area contributed by atoms with Crippen LogP contribution < -0.4 is 15.0 Å². The third kappa shape index (κ3) is 5.20. The third-order valence-electron chi connectivity index (χ3n) is 4.74. The summed E-state index contributed by atoms with van der Waals surface area (Å²) in [4.78, 5) is 38.6. The van der Waals surface area contributed by atoms with E-state index in [0.29, 0.717) is 25.9 Å². The van der Waals surface area contributed by atoms with Crippen LogP contribution in [0.5, 0.6) is 5.75 Å². The Bertz CT molecular complexity index is 1290. The van der Waals surface area contributed by atoms with Crippen LogP contribution >= 0.6 is 31.9 Å². The molecule has 1 aliphatic heterocycles. The molecule has 1 fully saturated rings. The van der Waals surface area contributed by atoms with Gasteiger partial charge in [0.1, 0.15) is 23.7 Å². The SMILES string of the molecule is O=C1NC(=O)N(c2cccc(Br)c2)C(=O)C1=Cc1ccc(OCc2ccc(F)cc2)c(Br)c1. The molecule has 1 saturated heterocycles. The van der Waals surface area contributed by atoms with Gasteiger partial charge in [0.2, 0.25) is 0 Å². The van der Waals surface area contributed by atoms with Crippen molar-refractivity contribution in [2.45, 2.75) is 6.61 Å². The van der Waals surface area contributed by atoms with Crippen molar-refractivity contribution in [3.05, 3.63) is 98.2 Å². The molecule has 9 heteroatoms. The number of benzene rings is 3. The zero-order valence-corrected chi connectivity index (χ0v) is 20.0. The van der Waals surface area contributed by atoms with Crippen LogP contribution in [0.15, 0.2) is 81.2 Å². The molecule has 3 aromatic rings. The second-order valence-electron chi connectivity index (χ2n) is 7.04. The number of nitrogens with one attached hydrogen (secondary N) is 1. The van der Waals surface area contributed by atoms with Crippen molar-refractivity contribution in [1.82, 2.24) is 5.32 Å². The van der Waals surface area contributed by atoms with Gasteiger partial charge in [0.25, 0.3) is 11.8 Å². The second kappa shape index (κ2) is 9.68. The van der Waals surface area contributed by atoms with Gasteiger partial charge in [0.05, 0.1) is 10.2 Å². The zero-order chi connectivity index (χ0) is 23.5. The van der Waals surface area contributed by atoms with Gasteiger partial charge in [-0.25, -0.2) is 14.1 Å². The van der Waals surface area contributed by atoms with Crippen molar-refractivity contribution in [3.63, 3.8) is 0 Å². The Morgan fingerprint density at radius 2 is 1.73 bits per heavy atom. The molecule has 4 rings (SSSR count). The third-order valence-corrected chi connectivity index (χ3v) is 5.86. The number of anilines is 1. The first-order valence-electron chi connectivity index (χ1n) is 9.65. The molecule has 1 N–H and O–H groups in total. The molecule has 0 unspecified atom stereocenters. The number of halogens is 3. The van der Waals surface area contributed by atoms with E-state index in [1.54, 1.807) is 54.6 Å². The van der Waals surface area contributed by atoms with Crippen LogP contribution in [-0.2, 0) is 16.2 Å². The van der Waals surface area contributed by atoms with Crippen LogP contribution in [0.3, 0.4) is 0 Å². The molecule has 0 aliphatic carbocycles. The number of barbiturate groups is 1. The average molecular weight is 574 g/mol. The molecule has 0 bridgehead atoms. The molecule has 0 radical (unpaired) electrons. The van der Waals surface area contributed by atoms with Gasteiger partial charge in [0.15, 0.2) is 0 Å². The molecule has 1 heterocycles. The first-order valence-corrected chi connectivity index (χ1v) is 11.2. The number of nitrogens with zero attached hydrogens (tertiary/aromatic N) is 1. The minimum absolute atomic E-state index is 0.179. The minimum atomic E-state index is -0.814. The van der Waals surface area contributed by atoms with Crippen LogP contribution in [0.2, 0.25) is 0 Å². The largest absolute Gasteiger partial charge is 0.488 e. The molecule has 4 amide bonds. The highest BCUT2D eigenvalue weighted by atomic mass is 79.9. The normalized spacial score (nSPS) is 15.1. The number of ether oxygens (including phenoxy) is 1. The van der Waals surface area contributed by atoms with Gasteiger partial charge >= 0.3 is 6.03 Å². The maximum Gasteiger partial charge on any atom is 0.335 e. The van der Waals surface area contributed by atoms with E-state index in [4.69, 9.17) is 4.74 Å². The summed E-state index contributed by atoms with van der Waals surface area (Å²) in [5.41, 5.74) is 1.51. The zero-order valence-electron chi connectivity index (χ0n) is 16.8. The molecule has 3 aromatic carbocycles. The highest BCUT2D eigenvalue weighted by Crippen LogP contribution is 2.29. The number of urea groups is 1. The Hall–Kier alpha value is -3.30. The van der Waals surface area contributed by atoms with Gasteiger partial charge in [-0.3, -0.25) is 14.9 Å². The molecule has 33 heavy (non-hydrogen) atoms. The number of carbonyl (C=O) groups excluding carboxylic acids is 3. The van der Waals surface area contributed by atoms with Gasteiger partial charge in [-0.05, 0) is 75.6 Å². The van der Waals surface area contributed by atoms with Crippen molar-refractivity contribution in [2.24, 2.45) is 0 Å². The second-order valence-corrected chi connectivity index (χ2v) is 8.81. The lowest BCUT2D eigenvalue weighted by Crippen LogP contribution is -2.54. The first-order chi connectivity index (χ1) is 15.8. The molecule has 6 nitrogen and oxygen atoms in total. The predicted molar refractivity (Wildman–Crippen MR) is 128 cm³/mol. The standard InChI is InChI=1S/C24H15Br2FN2O4/c25-16-2-1-3-18(12-16)29-23(31)19(22(30)28-24(29)32)10-15-6-9-21(20(26)11-15)33-13-14-4-7-17(27)8-5-14/h1-12H,13H2,(H,28,30,32). The number of amides is 4. The molecular weight excluding hydrogens is 559 g/mol. The van der Waals surface area contributed by atoms with E-state index < -0.39 is 17.8 Å². The van der Waals surface area contributed by atoms with Crippen LogP contribution in [-0.4, -0.2) is 17.8 Å². The molecule has 166 valence electrons. The van der Waals surface area contributed by atoms with Gasteiger partial charge in [0, 0.05) is 4.47 Å². The molecule has 0 atom stereocenters. The molecule has 0 spiro atoms. The lowest BCUT2D eigenvalue weighted by Gasteiger charge is -2.26. The lowest BCUT2D eigenvalue weighted by molar-refractivity contribution is -0.122. The van der Waals surface area contributed by atoms with E-state index >= 15 is 0 Å². The van der Waals surface area contributed by atoms with Crippen molar-refractivity contribution < 1.29 is 23.5 Å². The number of hydrogen-bond donors (Lipinski definition) is 1. The highest BCUT2D eigenvalue weighted by Gasteiger charge is 2.36. The Labute approximate surface area is 205 Å². The van der Waals surface area contributed by atoms with Crippen LogP contribution in [0.1, 0.15) is 11.1 Å². The van der Waals surface area contributed by atoms with Crippen molar-refractivity contribution in [2.75, 3.05) is 4.90 Å². The summed E-state index contributed by atoms with van der Waals surface area (Å²) in [6.45, 7) is 0.240. The van der Waals surface area contributed by atoms with E-state index in [1.807, 2.05) is 0 Å². The Morgan fingerprint density at radius 3 is 2.42 bits per heavy atom. The smallest absolute Gasteiger partial charge is 0.335 e. The molecule has 1 aliphatic rings. The summed E-state index contributed by atoms with van der Waals surface area (Å²) < 4.78 is 20.1. The average Bonchev–Trinajstić information content (AvgIpc) is 2.77. The number of carbonyl (C=O) groups is 3. The van der Waals surface area contributed by atoms with Crippen molar-refractivity contribution in [1.29, 1.82) is 0 Å². The summed E-state index contributed by atoms with van der Waals surface area (Å²) in [6, 6.07) is 16.9. The van der Waals surface area contributed by atoms with Crippen LogP contribution in [0.25, 0.3) is 6.08 Å². The fourth-order valence-corrected chi connectivity index (χ4v) is 4.04. The minimum Gasteiger partial charge on any atom is -0.488 e. The van der Waals surface area contributed by atoms with Crippen LogP contribution in [0.4, 0.5) is 14.9 Å². The van der Waals surface area contributed by atoms with E-state index in [9.17, 15) is 18.8 Å². The van der Waals surface area contributed by atoms with Gasteiger partial charge in [-0.1, -0.05) is 40.2 Å². The topological polar surface area (TPSA) is 75.7 Å². The van der Waals surface area contributed by atoms with Gasteiger partial charge in [-0.15, -0.1) is 0 Å². The van der Waals surface area contributed by atoms with E-state index in [-0.39, 0.29) is 18.0 Å². The molecular formula is C24H15Br2FN2O4.